The molecule has 2 N–H and O–H groups in total. The van der Waals surface area contributed by atoms with Crippen LogP contribution in [-0.2, 0) is 4.74 Å². The third-order valence-corrected chi connectivity index (χ3v) is 8.86. The summed E-state index contributed by atoms with van der Waals surface area (Å²) in [4.78, 5) is 24.4. The molecule has 1 aromatic carbocycles. The number of aliphatic hydroxyl groups excluding tert-OH is 1. The minimum Gasteiger partial charge on any atom is -0.495 e. The van der Waals surface area contributed by atoms with Crippen molar-refractivity contribution in [3.8, 4) is 11.5 Å². The number of carbonyl (C=O) groups is 2. The van der Waals surface area contributed by atoms with E-state index in [0.29, 0.717) is 24.2 Å². The summed E-state index contributed by atoms with van der Waals surface area (Å²) in [5.41, 5.74) is -0.128. The monoisotopic (exact) mass is 460 g/mol. The van der Waals surface area contributed by atoms with E-state index in [4.69, 9.17) is 14.2 Å². The van der Waals surface area contributed by atoms with Crippen molar-refractivity contribution in [3.63, 3.8) is 0 Å². The van der Waals surface area contributed by atoms with Crippen molar-refractivity contribution in [1.82, 2.24) is 0 Å². The number of fused-ring (bicyclic) bond motifs is 2. The van der Waals surface area contributed by atoms with Crippen LogP contribution in [0.5, 0.6) is 11.5 Å². The molecule has 1 heterocycles. The van der Waals surface area contributed by atoms with E-state index in [-0.39, 0.29) is 51.5 Å². The summed E-state index contributed by atoms with van der Waals surface area (Å²) < 4.78 is 16.7. The van der Waals surface area contributed by atoms with Crippen molar-refractivity contribution in [2.45, 2.75) is 78.6 Å². The van der Waals surface area contributed by atoms with Gasteiger partial charge >= 0.3 is 5.97 Å². The number of rotatable bonds is 5. The summed E-state index contributed by atoms with van der Waals surface area (Å²) in [6, 6.07) is 0. The summed E-state index contributed by atoms with van der Waals surface area (Å²) in [5.74, 6) is 0.0629. The zero-order valence-electron chi connectivity index (χ0n) is 20.5. The third-order valence-electron chi connectivity index (χ3n) is 8.86. The van der Waals surface area contributed by atoms with Gasteiger partial charge in [0.15, 0.2) is 6.29 Å². The average molecular weight is 461 g/mol. The van der Waals surface area contributed by atoms with Gasteiger partial charge in [-0.2, -0.15) is 0 Å². The van der Waals surface area contributed by atoms with E-state index in [1.165, 1.54) is 13.5 Å². The lowest BCUT2D eigenvalue weighted by molar-refractivity contribution is -0.176. The Hall–Kier alpha value is -2.12. The van der Waals surface area contributed by atoms with Crippen molar-refractivity contribution in [2.75, 3.05) is 13.7 Å². The predicted octanol–water partition coefficient (Wildman–Crippen LogP) is 4.35. The van der Waals surface area contributed by atoms with Gasteiger partial charge < -0.3 is 24.4 Å². The van der Waals surface area contributed by atoms with E-state index in [2.05, 4.69) is 20.8 Å². The van der Waals surface area contributed by atoms with E-state index < -0.39 is 17.9 Å². The minimum absolute atomic E-state index is 0.0580. The highest BCUT2D eigenvalue weighted by Gasteiger charge is 2.58. The van der Waals surface area contributed by atoms with Crippen LogP contribution in [0.4, 0.5) is 0 Å². The number of ether oxygens (including phenoxy) is 3. The number of aliphatic hydroxyl groups is 2. The maximum atomic E-state index is 12.3. The predicted molar refractivity (Wildman–Crippen MR) is 122 cm³/mol. The zero-order valence-corrected chi connectivity index (χ0v) is 20.5. The van der Waals surface area contributed by atoms with Crippen molar-refractivity contribution in [1.29, 1.82) is 0 Å². The molecule has 7 heteroatoms. The number of benzene rings is 1. The summed E-state index contributed by atoms with van der Waals surface area (Å²) in [7, 11) is 1.42. The molecule has 5 atom stereocenters. The quantitative estimate of drug-likeness (QED) is 0.497. The molecule has 0 saturated heterocycles. The van der Waals surface area contributed by atoms with Crippen LogP contribution in [0.2, 0.25) is 0 Å². The van der Waals surface area contributed by atoms with Crippen LogP contribution in [0.1, 0.15) is 97.9 Å². The minimum atomic E-state index is -1.55. The maximum absolute atomic E-state index is 12.3. The van der Waals surface area contributed by atoms with E-state index in [0.717, 1.165) is 19.3 Å². The van der Waals surface area contributed by atoms with Crippen LogP contribution in [0, 0.1) is 29.6 Å². The van der Waals surface area contributed by atoms with Crippen molar-refractivity contribution in [2.24, 2.45) is 22.7 Å². The Balaban J connectivity index is 1.75. The van der Waals surface area contributed by atoms with E-state index in [1.54, 1.807) is 6.92 Å². The van der Waals surface area contributed by atoms with Crippen LogP contribution < -0.4 is 9.47 Å². The molecule has 33 heavy (non-hydrogen) atoms. The molecule has 0 aromatic heterocycles. The summed E-state index contributed by atoms with van der Waals surface area (Å²) in [6.07, 6.45) is 3.99. The van der Waals surface area contributed by atoms with Gasteiger partial charge in [-0.1, -0.05) is 27.2 Å². The zero-order chi connectivity index (χ0) is 24.3. The second kappa shape index (κ2) is 7.98. The molecule has 1 aliphatic heterocycles. The second-order valence-electron chi connectivity index (χ2n) is 11.2. The van der Waals surface area contributed by atoms with Crippen LogP contribution >= 0.6 is 0 Å². The molecular formula is C26H36O7. The molecule has 7 nitrogen and oxygen atoms in total. The topological polar surface area (TPSA) is 102 Å². The second-order valence-corrected chi connectivity index (χ2v) is 11.2. The number of esters is 1. The first kappa shape index (κ1) is 24.0. The fraction of sp³-hybridized carbons (Fsp3) is 0.692. The number of hydrogen-bond donors (Lipinski definition) is 2. The van der Waals surface area contributed by atoms with E-state index >= 15 is 0 Å². The fourth-order valence-electron chi connectivity index (χ4n) is 7.27. The standard InChI is InChI=1S/C26H36O7/c1-14-20(15(12-27)18-19(21(14)31-6)23(29)33-22(18)28)32-13-17-25(4)10-7-9-24(2,3)16(25)8-11-26(17,5)30/h12,16-17,22,28,30H,7-11,13H2,1-6H3/t16-,17+,22-,25-,26+/m0/s1. The van der Waals surface area contributed by atoms with Crippen LogP contribution in [0.25, 0.3) is 0 Å². The Morgan fingerprint density at radius 1 is 1.15 bits per heavy atom. The van der Waals surface area contributed by atoms with Crippen LogP contribution in [0.15, 0.2) is 0 Å². The average Bonchev–Trinajstić information content (AvgIpc) is 3.00. The Morgan fingerprint density at radius 2 is 1.85 bits per heavy atom. The van der Waals surface area contributed by atoms with E-state index in [9.17, 15) is 19.8 Å². The molecule has 2 aliphatic carbocycles. The summed E-state index contributed by atoms with van der Waals surface area (Å²) in [6.45, 7) is 10.7. The highest BCUT2D eigenvalue weighted by molar-refractivity contribution is 6.02. The van der Waals surface area contributed by atoms with Crippen LogP contribution in [-0.4, -0.2) is 41.8 Å². The molecule has 0 spiro atoms. The van der Waals surface area contributed by atoms with Crippen molar-refractivity contribution in [3.05, 3.63) is 22.3 Å². The van der Waals surface area contributed by atoms with Crippen molar-refractivity contribution < 1.29 is 34.0 Å². The highest BCUT2D eigenvalue weighted by atomic mass is 16.6. The molecule has 2 saturated carbocycles. The van der Waals surface area contributed by atoms with E-state index in [1.807, 2.05) is 6.92 Å². The number of methoxy groups -OCH3 is 1. The lowest BCUT2D eigenvalue weighted by Crippen LogP contribution is -2.59. The number of cyclic esters (lactones) is 1. The number of aldehydes is 1. The van der Waals surface area contributed by atoms with Gasteiger partial charge in [-0.05, 0) is 56.3 Å². The molecule has 4 rings (SSSR count). The SMILES string of the molecule is COc1c(C)c(OC[C@@H]2[C@@]3(C)CCCC(C)(C)[C@@H]3CC[C@@]2(C)O)c(C=O)c2c1C(=O)O[C@@H]2O. The van der Waals surface area contributed by atoms with Gasteiger partial charge in [0.2, 0.25) is 6.29 Å². The molecule has 182 valence electrons. The van der Waals surface area contributed by atoms with Gasteiger partial charge in [-0.3, -0.25) is 4.79 Å². The number of carbonyl (C=O) groups excluding carboxylic acids is 2. The summed E-state index contributed by atoms with van der Waals surface area (Å²) in [5, 5.41) is 21.7. The first-order valence-corrected chi connectivity index (χ1v) is 11.8. The first-order chi connectivity index (χ1) is 15.4. The Bertz CT molecular complexity index is 980. The molecule has 0 radical (unpaired) electrons. The van der Waals surface area contributed by atoms with Gasteiger partial charge in [-0.15, -0.1) is 0 Å². The Morgan fingerprint density at radius 3 is 2.48 bits per heavy atom. The molecule has 3 aliphatic rings. The lowest BCUT2D eigenvalue weighted by atomic mass is 9.46. The lowest BCUT2D eigenvalue weighted by Gasteiger charge is -2.61. The Kier molecular flexibility index (Phi) is 5.81. The van der Waals surface area contributed by atoms with Crippen LogP contribution in [0.3, 0.4) is 0 Å². The largest absolute Gasteiger partial charge is 0.495 e. The van der Waals surface area contributed by atoms with Crippen molar-refractivity contribution >= 4 is 12.3 Å². The highest BCUT2D eigenvalue weighted by Crippen LogP contribution is 2.62. The van der Waals surface area contributed by atoms with Gasteiger partial charge in [0.25, 0.3) is 0 Å². The molecule has 1 aromatic rings. The molecule has 0 bridgehead atoms. The third kappa shape index (κ3) is 3.55. The first-order valence-electron chi connectivity index (χ1n) is 11.8. The fourth-order valence-corrected chi connectivity index (χ4v) is 7.27. The normalized spacial score (nSPS) is 34.8. The maximum Gasteiger partial charge on any atom is 0.345 e. The van der Waals surface area contributed by atoms with Gasteiger partial charge in [-0.25, -0.2) is 4.79 Å². The smallest absolute Gasteiger partial charge is 0.345 e. The molecule has 2 fully saturated rings. The molecule has 0 amide bonds. The van der Waals surface area contributed by atoms with Gasteiger partial charge in [0, 0.05) is 11.5 Å². The molecule has 0 unspecified atom stereocenters. The summed E-state index contributed by atoms with van der Waals surface area (Å²) >= 11 is 0. The molecular weight excluding hydrogens is 424 g/mol. The number of hydrogen-bond acceptors (Lipinski definition) is 7. The van der Waals surface area contributed by atoms with Gasteiger partial charge in [0.05, 0.1) is 30.4 Å². The Labute approximate surface area is 195 Å². The van der Waals surface area contributed by atoms with Gasteiger partial charge in [0.1, 0.15) is 17.1 Å².